The van der Waals surface area contributed by atoms with Crippen molar-refractivity contribution in [2.45, 2.75) is 18.8 Å². The molecule has 1 atom stereocenters. The summed E-state index contributed by atoms with van der Waals surface area (Å²) in [5.74, 6) is 0.600. The third-order valence-electron chi connectivity index (χ3n) is 5.28. The largest absolute Gasteiger partial charge is 0.338 e. The number of carbonyl (C=O) groups is 1. The Labute approximate surface area is 168 Å². The van der Waals surface area contributed by atoms with Crippen molar-refractivity contribution in [1.82, 2.24) is 24.0 Å². The van der Waals surface area contributed by atoms with Gasteiger partial charge in [0.15, 0.2) is 5.65 Å². The summed E-state index contributed by atoms with van der Waals surface area (Å²) in [6, 6.07) is 7.34. The van der Waals surface area contributed by atoms with E-state index in [1.165, 1.54) is 11.6 Å². The van der Waals surface area contributed by atoms with Gasteiger partial charge >= 0.3 is 5.69 Å². The Balaban J connectivity index is 1.66. The van der Waals surface area contributed by atoms with Crippen LogP contribution in [0, 0.1) is 0 Å². The highest BCUT2D eigenvalue weighted by atomic mass is 79.9. The molecule has 0 radical (unpaired) electrons. The second-order valence-corrected chi connectivity index (χ2v) is 8.04. The minimum absolute atomic E-state index is 0.0166. The molecule has 0 spiro atoms. The predicted molar refractivity (Wildman–Crippen MR) is 109 cm³/mol. The van der Waals surface area contributed by atoms with E-state index in [1.54, 1.807) is 13.1 Å². The highest BCUT2D eigenvalue weighted by Crippen LogP contribution is 2.27. The first kappa shape index (κ1) is 18.7. The van der Waals surface area contributed by atoms with E-state index in [0.29, 0.717) is 35.6 Å². The standard InChI is InChI=1S/C19H20BrN5O3/c1-23-16-14(18(27)24(2)19(23)28)21-15(22-16)12-6-4-8-25(10-12)17(26)11-5-3-7-13(20)9-11/h3,5,7,9,12H,4,6,8,10H2,1-2H3,(H,21,22). The van der Waals surface area contributed by atoms with Crippen molar-refractivity contribution in [3.05, 3.63) is 61.0 Å². The summed E-state index contributed by atoms with van der Waals surface area (Å²) in [7, 11) is 3.04. The molecule has 1 aromatic carbocycles. The van der Waals surface area contributed by atoms with E-state index in [0.717, 1.165) is 21.9 Å². The van der Waals surface area contributed by atoms with E-state index in [1.807, 2.05) is 23.1 Å². The van der Waals surface area contributed by atoms with Gasteiger partial charge in [0.2, 0.25) is 0 Å². The molecule has 8 nitrogen and oxygen atoms in total. The van der Waals surface area contributed by atoms with Crippen molar-refractivity contribution in [3.63, 3.8) is 0 Å². The lowest BCUT2D eigenvalue weighted by molar-refractivity contribution is 0.0705. The Morgan fingerprint density at radius 2 is 2.04 bits per heavy atom. The molecule has 1 aliphatic heterocycles. The number of carbonyl (C=O) groups excluding carboxylic acids is 1. The van der Waals surface area contributed by atoms with Gasteiger partial charge in [-0.25, -0.2) is 9.78 Å². The molecule has 1 fully saturated rings. The van der Waals surface area contributed by atoms with Gasteiger partial charge in [-0.2, -0.15) is 0 Å². The molecule has 0 bridgehead atoms. The van der Waals surface area contributed by atoms with Gasteiger partial charge in [0, 0.05) is 43.1 Å². The number of rotatable bonds is 2. The first-order chi connectivity index (χ1) is 13.4. The number of aromatic nitrogens is 4. The van der Waals surface area contributed by atoms with Crippen LogP contribution in [0.3, 0.4) is 0 Å². The Bertz CT molecular complexity index is 1190. The quantitative estimate of drug-likeness (QED) is 0.649. The molecule has 3 heterocycles. The zero-order valence-electron chi connectivity index (χ0n) is 15.6. The number of imidazole rings is 1. The molecule has 1 N–H and O–H groups in total. The first-order valence-corrected chi connectivity index (χ1v) is 9.86. The number of amides is 1. The lowest BCUT2D eigenvalue weighted by Gasteiger charge is -2.32. The average molecular weight is 446 g/mol. The topological polar surface area (TPSA) is 93.0 Å². The molecule has 1 unspecified atom stereocenters. The van der Waals surface area contributed by atoms with Gasteiger partial charge in [-0.1, -0.05) is 22.0 Å². The number of hydrogen-bond acceptors (Lipinski definition) is 4. The van der Waals surface area contributed by atoms with Crippen LogP contribution in [0.2, 0.25) is 0 Å². The Hall–Kier alpha value is -2.68. The molecular formula is C19H20BrN5O3. The number of fused-ring (bicyclic) bond motifs is 1. The van der Waals surface area contributed by atoms with Crippen LogP contribution in [0.15, 0.2) is 38.3 Å². The molecule has 3 aromatic rings. The van der Waals surface area contributed by atoms with Crippen molar-refractivity contribution in [2.24, 2.45) is 14.1 Å². The summed E-state index contributed by atoms with van der Waals surface area (Å²) in [4.78, 5) is 46.8. The molecule has 4 rings (SSSR count). The molecule has 0 saturated carbocycles. The lowest BCUT2D eigenvalue weighted by Crippen LogP contribution is -2.39. The maximum absolute atomic E-state index is 12.9. The number of benzene rings is 1. The molecule has 2 aromatic heterocycles. The molecule has 0 aliphatic carbocycles. The number of halogens is 1. The van der Waals surface area contributed by atoms with Crippen LogP contribution < -0.4 is 11.2 Å². The summed E-state index contributed by atoms with van der Waals surface area (Å²) >= 11 is 3.40. The molecule has 1 saturated heterocycles. The van der Waals surface area contributed by atoms with Crippen LogP contribution in [0.4, 0.5) is 0 Å². The van der Waals surface area contributed by atoms with Crippen LogP contribution in [-0.2, 0) is 14.1 Å². The number of aromatic amines is 1. The number of hydrogen-bond donors (Lipinski definition) is 1. The van der Waals surface area contributed by atoms with Gasteiger partial charge in [0.25, 0.3) is 11.5 Å². The fourth-order valence-electron chi connectivity index (χ4n) is 3.73. The monoisotopic (exact) mass is 445 g/mol. The Morgan fingerprint density at radius 3 is 2.79 bits per heavy atom. The van der Waals surface area contributed by atoms with E-state index in [4.69, 9.17) is 0 Å². The number of aryl methyl sites for hydroxylation is 1. The maximum Gasteiger partial charge on any atom is 0.332 e. The number of H-pyrrole nitrogens is 1. The van der Waals surface area contributed by atoms with Gasteiger partial charge in [0.1, 0.15) is 11.3 Å². The first-order valence-electron chi connectivity index (χ1n) is 9.07. The molecule has 9 heteroatoms. The molecular weight excluding hydrogens is 426 g/mol. The van der Waals surface area contributed by atoms with Gasteiger partial charge in [0.05, 0.1) is 0 Å². The smallest absolute Gasteiger partial charge is 0.332 e. The minimum atomic E-state index is -0.411. The van der Waals surface area contributed by atoms with Gasteiger partial charge in [-0.15, -0.1) is 0 Å². The van der Waals surface area contributed by atoms with Gasteiger partial charge in [-0.3, -0.25) is 18.7 Å². The normalized spacial score (nSPS) is 17.2. The highest BCUT2D eigenvalue weighted by molar-refractivity contribution is 9.10. The third-order valence-corrected chi connectivity index (χ3v) is 5.77. The summed E-state index contributed by atoms with van der Waals surface area (Å²) in [6.45, 7) is 1.20. The summed E-state index contributed by atoms with van der Waals surface area (Å²) in [5.41, 5.74) is 0.491. The van der Waals surface area contributed by atoms with Crippen LogP contribution in [0.25, 0.3) is 11.2 Å². The van der Waals surface area contributed by atoms with Crippen molar-refractivity contribution in [2.75, 3.05) is 13.1 Å². The van der Waals surface area contributed by atoms with Gasteiger partial charge in [-0.05, 0) is 31.0 Å². The van der Waals surface area contributed by atoms with Crippen molar-refractivity contribution < 1.29 is 4.79 Å². The fraction of sp³-hybridized carbons (Fsp3) is 0.368. The molecule has 28 heavy (non-hydrogen) atoms. The van der Waals surface area contributed by atoms with Crippen LogP contribution in [0.1, 0.15) is 34.9 Å². The lowest BCUT2D eigenvalue weighted by atomic mass is 9.96. The Morgan fingerprint density at radius 1 is 1.25 bits per heavy atom. The van der Waals surface area contributed by atoms with Crippen LogP contribution in [0.5, 0.6) is 0 Å². The highest BCUT2D eigenvalue weighted by Gasteiger charge is 2.28. The van der Waals surface area contributed by atoms with E-state index in [9.17, 15) is 14.4 Å². The van der Waals surface area contributed by atoms with E-state index in [-0.39, 0.29) is 11.8 Å². The third kappa shape index (κ3) is 3.09. The predicted octanol–water partition coefficient (Wildman–Crippen LogP) is 1.74. The number of likely N-dealkylation sites (tertiary alicyclic amines) is 1. The maximum atomic E-state index is 12.9. The number of nitrogens with zero attached hydrogens (tertiary/aromatic N) is 4. The minimum Gasteiger partial charge on any atom is -0.338 e. The van der Waals surface area contributed by atoms with Crippen molar-refractivity contribution >= 4 is 33.0 Å². The van der Waals surface area contributed by atoms with E-state index < -0.39 is 11.2 Å². The number of piperidine rings is 1. The van der Waals surface area contributed by atoms with Gasteiger partial charge < -0.3 is 9.88 Å². The van der Waals surface area contributed by atoms with Crippen molar-refractivity contribution in [1.29, 1.82) is 0 Å². The Kier molecular flexibility index (Phi) is 4.70. The molecule has 1 amide bonds. The summed E-state index contributed by atoms with van der Waals surface area (Å²) in [6.07, 6.45) is 1.70. The van der Waals surface area contributed by atoms with E-state index in [2.05, 4.69) is 25.9 Å². The summed E-state index contributed by atoms with van der Waals surface area (Å²) in [5, 5.41) is 0. The second-order valence-electron chi connectivity index (χ2n) is 7.13. The molecule has 1 aliphatic rings. The zero-order valence-corrected chi connectivity index (χ0v) is 17.2. The summed E-state index contributed by atoms with van der Waals surface area (Å²) < 4.78 is 3.29. The van der Waals surface area contributed by atoms with E-state index >= 15 is 0 Å². The SMILES string of the molecule is Cn1c(=O)c2[nH]c(C3CCCN(C(=O)c4cccc(Br)c4)C3)nc2n(C)c1=O. The molecule has 146 valence electrons. The fourth-order valence-corrected chi connectivity index (χ4v) is 4.13. The average Bonchev–Trinajstić information content (AvgIpc) is 3.16. The second kappa shape index (κ2) is 7.05. The number of nitrogens with one attached hydrogen (secondary N) is 1. The van der Waals surface area contributed by atoms with Crippen molar-refractivity contribution in [3.8, 4) is 0 Å². The zero-order chi connectivity index (χ0) is 20.0. The van der Waals surface area contributed by atoms with Crippen LogP contribution in [-0.4, -0.2) is 43.0 Å². The van der Waals surface area contributed by atoms with Crippen LogP contribution >= 0.6 is 15.9 Å².